The number of ether oxygens (including phenoxy) is 1. The molecule has 9 nitrogen and oxygen atoms in total. The molecule has 2 aliphatic rings. The number of nitrogens with zero attached hydrogens (tertiary/aromatic N) is 3. The van der Waals surface area contributed by atoms with E-state index in [2.05, 4.69) is 66.3 Å². The van der Waals surface area contributed by atoms with Crippen LogP contribution in [0.25, 0.3) is 11.3 Å². The molecule has 0 spiro atoms. The number of rotatable bonds is 8. The largest absolute Gasteiger partial charge is 0.477 e. The van der Waals surface area contributed by atoms with Crippen LogP contribution in [0.3, 0.4) is 0 Å². The number of anilines is 2. The molecule has 1 fully saturated rings. The van der Waals surface area contributed by atoms with Gasteiger partial charge in [0.15, 0.2) is 8.32 Å². The zero-order valence-electron chi connectivity index (χ0n) is 26.4. The van der Waals surface area contributed by atoms with E-state index in [1.807, 2.05) is 0 Å². The van der Waals surface area contributed by atoms with E-state index in [9.17, 15) is 23.1 Å². The number of aromatic nitrogens is 2. The number of carboxylic acid groups (broad SMARTS) is 1. The van der Waals surface area contributed by atoms with Crippen LogP contribution >= 0.6 is 0 Å². The van der Waals surface area contributed by atoms with Crippen molar-refractivity contribution in [3.63, 3.8) is 0 Å². The molecule has 2 aliphatic heterocycles. The standard InChI is InChI=1S/C32H40F3N5O4Si/c1-18-16-40(17-25(39-31(41)42)29(18)44-45(5,6)32(2,3)4)28-20-12-13-43-30(20)37-15-24(28)36-14-19-10-11-23(35)27(38-19)26-21(33)8-7-9-22(26)34/h7-11,15,18,25,29,36,39H,12-14,16-17H2,1-6H3,(H,41,42)/t18-,25+,29+/m0/s1. The van der Waals surface area contributed by atoms with Crippen LogP contribution in [-0.4, -0.2) is 61.3 Å². The third-order valence-electron chi connectivity index (χ3n) is 9.01. The van der Waals surface area contributed by atoms with Crippen LogP contribution in [0, 0.1) is 23.4 Å². The normalized spacial score (nSPS) is 20.0. The fourth-order valence-electron chi connectivity index (χ4n) is 5.73. The van der Waals surface area contributed by atoms with Crippen molar-refractivity contribution < 1.29 is 32.2 Å². The number of pyridine rings is 2. The molecule has 0 unspecified atom stereocenters. The number of piperidine rings is 1. The van der Waals surface area contributed by atoms with Gasteiger partial charge in [-0.05, 0) is 42.4 Å². The van der Waals surface area contributed by atoms with Gasteiger partial charge in [-0.25, -0.2) is 27.9 Å². The Morgan fingerprint density at radius 3 is 2.51 bits per heavy atom. The Kier molecular flexibility index (Phi) is 9.05. The van der Waals surface area contributed by atoms with E-state index in [0.29, 0.717) is 43.4 Å². The number of nitrogens with one attached hydrogen (secondary N) is 2. The van der Waals surface area contributed by atoms with Gasteiger partial charge in [-0.2, -0.15) is 0 Å². The number of carbonyl (C=O) groups is 1. The summed E-state index contributed by atoms with van der Waals surface area (Å²) in [4.78, 5) is 22.8. The summed E-state index contributed by atoms with van der Waals surface area (Å²) >= 11 is 0. The van der Waals surface area contributed by atoms with Gasteiger partial charge in [0.2, 0.25) is 5.88 Å². The predicted molar refractivity (Wildman–Crippen MR) is 169 cm³/mol. The van der Waals surface area contributed by atoms with Crippen LogP contribution in [0.2, 0.25) is 18.1 Å². The maximum absolute atomic E-state index is 14.7. The lowest BCUT2D eigenvalue weighted by atomic mass is 9.91. The van der Waals surface area contributed by atoms with Gasteiger partial charge in [0.1, 0.15) is 23.1 Å². The Balaban J connectivity index is 1.45. The molecule has 13 heteroatoms. The number of halogens is 3. The van der Waals surface area contributed by atoms with Crippen molar-refractivity contribution >= 4 is 25.8 Å². The highest BCUT2D eigenvalue weighted by atomic mass is 28.4. The van der Waals surface area contributed by atoms with E-state index in [1.165, 1.54) is 12.1 Å². The van der Waals surface area contributed by atoms with E-state index in [-0.39, 0.29) is 23.6 Å². The Morgan fingerprint density at radius 1 is 1.13 bits per heavy atom. The van der Waals surface area contributed by atoms with Gasteiger partial charge in [-0.3, -0.25) is 0 Å². The van der Waals surface area contributed by atoms with Gasteiger partial charge in [-0.15, -0.1) is 0 Å². The average molecular weight is 644 g/mol. The molecule has 5 rings (SSSR count). The van der Waals surface area contributed by atoms with E-state index in [1.54, 1.807) is 6.20 Å². The molecule has 45 heavy (non-hydrogen) atoms. The molecule has 3 aromatic rings. The molecule has 3 atom stereocenters. The van der Waals surface area contributed by atoms with Crippen molar-refractivity contribution in [3.8, 4) is 17.1 Å². The topological polar surface area (TPSA) is 109 Å². The van der Waals surface area contributed by atoms with Crippen LogP contribution < -0.4 is 20.3 Å². The fraction of sp³-hybridized carbons (Fsp3) is 0.469. The summed E-state index contributed by atoms with van der Waals surface area (Å²) < 4.78 is 56.2. The second kappa shape index (κ2) is 12.5. The number of amides is 1. The Morgan fingerprint density at radius 2 is 1.84 bits per heavy atom. The Hall–Kier alpha value is -3.84. The van der Waals surface area contributed by atoms with Crippen LogP contribution in [0.1, 0.15) is 39.0 Å². The summed E-state index contributed by atoms with van der Waals surface area (Å²) in [5.41, 5.74) is 1.79. The molecule has 1 aromatic carbocycles. The van der Waals surface area contributed by atoms with E-state index >= 15 is 0 Å². The molecule has 0 aliphatic carbocycles. The summed E-state index contributed by atoms with van der Waals surface area (Å²) in [5.74, 6) is -2.16. The van der Waals surface area contributed by atoms with Crippen LogP contribution in [0.4, 0.5) is 29.3 Å². The maximum atomic E-state index is 14.7. The molecule has 0 saturated carbocycles. The van der Waals surface area contributed by atoms with Crippen LogP contribution in [0.5, 0.6) is 5.88 Å². The molecule has 2 aromatic heterocycles. The lowest BCUT2D eigenvalue weighted by Crippen LogP contribution is -2.62. The monoisotopic (exact) mass is 643 g/mol. The first kappa shape index (κ1) is 32.5. The van der Waals surface area contributed by atoms with Crippen LogP contribution in [0.15, 0.2) is 36.5 Å². The minimum atomic E-state index is -2.22. The Bertz CT molecular complexity index is 1560. The lowest BCUT2D eigenvalue weighted by Gasteiger charge is -2.48. The fourth-order valence-corrected chi connectivity index (χ4v) is 7.16. The SMILES string of the molecule is C[C@H]1CN(c2c(NCc3ccc(F)c(-c4c(F)cccc4F)n3)cnc3c2CCO3)C[C@@H](NC(=O)O)[C@@H]1O[Si](C)(C)C(C)(C)C. The van der Waals surface area contributed by atoms with E-state index < -0.39 is 49.2 Å². The molecular weight excluding hydrogens is 603 g/mol. The first-order valence-corrected chi connectivity index (χ1v) is 18.0. The van der Waals surface area contributed by atoms with Gasteiger partial charge >= 0.3 is 6.09 Å². The highest BCUT2D eigenvalue weighted by molar-refractivity contribution is 6.74. The smallest absolute Gasteiger partial charge is 0.405 e. The van der Waals surface area contributed by atoms with Crippen molar-refractivity contribution in [1.82, 2.24) is 15.3 Å². The van der Waals surface area contributed by atoms with Crippen molar-refractivity contribution in [1.29, 1.82) is 0 Å². The van der Waals surface area contributed by atoms with Gasteiger partial charge < -0.3 is 29.8 Å². The first-order valence-electron chi connectivity index (χ1n) is 15.1. The highest BCUT2D eigenvalue weighted by Crippen LogP contribution is 2.43. The minimum absolute atomic E-state index is 0.0271. The number of hydrogen-bond acceptors (Lipinski definition) is 7. The van der Waals surface area contributed by atoms with Crippen molar-refractivity contribution in [2.75, 3.05) is 29.9 Å². The molecule has 242 valence electrons. The summed E-state index contributed by atoms with van der Waals surface area (Å²) in [6.45, 7) is 14.4. The van der Waals surface area contributed by atoms with Crippen molar-refractivity contribution in [2.24, 2.45) is 5.92 Å². The molecule has 0 radical (unpaired) electrons. The summed E-state index contributed by atoms with van der Waals surface area (Å²) in [5, 5.41) is 15.8. The van der Waals surface area contributed by atoms with Crippen molar-refractivity contribution in [2.45, 2.75) is 70.9 Å². The number of fused-ring (bicyclic) bond motifs is 1. The molecular formula is C32H40F3N5O4Si. The lowest BCUT2D eigenvalue weighted by molar-refractivity contribution is 0.0721. The van der Waals surface area contributed by atoms with Crippen LogP contribution in [-0.2, 0) is 17.4 Å². The molecule has 3 N–H and O–H groups in total. The number of benzene rings is 1. The van der Waals surface area contributed by atoms with E-state index in [4.69, 9.17) is 9.16 Å². The second-order valence-electron chi connectivity index (χ2n) is 13.3. The molecule has 0 bridgehead atoms. The van der Waals surface area contributed by atoms with Gasteiger partial charge in [-0.1, -0.05) is 33.8 Å². The third kappa shape index (κ3) is 6.74. The average Bonchev–Trinajstić information content (AvgIpc) is 3.42. The van der Waals surface area contributed by atoms with Gasteiger partial charge in [0.25, 0.3) is 0 Å². The van der Waals surface area contributed by atoms with E-state index in [0.717, 1.165) is 29.4 Å². The summed E-state index contributed by atoms with van der Waals surface area (Å²) in [6.07, 6.45) is 0.818. The molecule has 1 saturated heterocycles. The number of hydrogen-bond donors (Lipinski definition) is 3. The summed E-state index contributed by atoms with van der Waals surface area (Å²) in [6, 6.07) is 5.41. The quantitative estimate of drug-likeness (QED) is 0.236. The predicted octanol–water partition coefficient (Wildman–Crippen LogP) is 6.59. The highest BCUT2D eigenvalue weighted by Gasteiger charge is 2.45. The second-order valence-corrected chi connectivity index (χ2v) is 18.0. The molecule has 1 amide bonds. The zero-order valence-corrected chi connectivity index (χ0v) is 27.4. The zero-order chi connectivity index (χ0) is 32.7. The molecule has 4 heterocycles. The van der Waals surface area contributed by atoms with Gasteiger partial charge in [0.05, 0.1) is 54.1 Å². The first-order chi connectivity index (χ1) is 21.2. The Labute approximate surface area is 262 Å². The summed E-state index contributed by atoms with van der Waals surface area (Å²) in [7, 11) is -2.22. The third-order valence-corrected chi connectivity index (χ3v) is 13.5. The minimum Gasteiger partial charge on any atom is -0.477 e. The van der Waals surface area contributed by atoms with Crippen molar-refractivity contribution in [3.05, 3.63) is 65.2 Å². The maximum Gasteiger partial charge on any atom is 0.405 e. The van der Waals surface area contributed by atoms with Gasteiger partial charge in [0, 0.05) is 31.0 Å².